The maximum atomic E-state index is 11.7. The molecule has 5 heteroatoms. The lowest BCUT2D eigenvalue weighted by molar-refractivity contribution is -0.139. The van der Waals surface area contributed by atoms with Crippen LogP contribution in [0.25, 0.3) is 11.1 Å². The van der Waals surface area contributed by atoms with Gasteiger partial charge in [0.25, 0.3) is 0 Å². The first-order valence-corrected chi connectivity index (χ1v) is 9.55. The van der Waals surface area contributed by atoms with Crippen LogP contribution < -0.4 is 10.5 Å². The van der Waals surface area contributed by atoms with Gasteiger partial charge in [-0.1, -0.05) is 54.1 Å². The van der Waals surface area contributed by atoms with Gasteiger partial charge in [-0.15, -0.1) is 0 Å². The Labute approximate surface area is 168 Å². The molecule has 0 fully saturated rings. The Morgan fingerprint density at radius 1 is 1.04 bits per heavy atom. The van der Waals surface area contributed by atoms with E-state index in [0.717, 1.165) is 28.7 Å². The average molecular weight is 394 g/mol. The number of carboxylic acids is 1. The van der Waals surface area contributed by atoms with E-state index < -0.39 is 17.9 Å². The third-order valence-corrected chi connectivity index (χ3v) is 5.50. The predicted octanol–water partition coefficient (Wildman–Crippen LogP) is 5.24. The average Bonchev–Trinajstić information content (AvgIpc) is 2.68. The number of ether oxygens (including phenoxy) is 1. The fourth-order valence-electron chi connectivity index (χ4n) is 3.77. The second-order valence-corrected chi connectivity index (χ2v) is 7.36. The van der Waals surface area contributed by atoms with E-state index in [1.807, 2.05) is 60.7 Å². The minimum atomic E-state index is -0.901. The lowest BCUT2D eigenvalue weighted by Crippen LogP contribution is -2.37. The summed E-state index contributed by atoms with van der Waals surface area (Å²) in [6.45, 7) is 0. The van der Waals surface area contributed by atoms with Crippen molar-refractivity contribution in [2.45, 2.75) is 24.8 Å². The molecule has 0 spiro atoms. The highest BCUT2D eigenvalue weighted by Gasteiger charge is 2.33. The van der Waals surface area contributed by atoms with Gasteiger partial charge in [-0.05, 0) is 48.2 Å². The van der Waals surface area contributed by atoms with Gasteiger partial charge in [0.05, 0.1) is 5.92 Å². The van der Waals surface area contributed by atoms with Gasteiger partial charge in [0.2, 0.25) is 0 Å². The predicted molar refractivity (Wildman–Crippen MR) is 110 cm³/mol. The van der Waals surface area contributed by atoms with E-state index in [9.17, 15) is 9.90 Å². The van der Waals surface area contributed by atoms with E-state index in [-0.39, 0.29) is 0 Å². The molecule has 0 bridgehead atoms. The van der Waals surface area contributed by atoms with Crippen LogP contribution in [0.1, 0.15) is 23.5 Å². The molecule has 0 saturated carbocycles. The van der Waals surface area contributed by atoms with Crippen LogP contribution in [-0.2, 0) is 11.2 Å². The highest BCUT2D eigenvalue weighted by molar-refractivity contribution is 6.33. The molecule has 2 atom stereocenters. The Hall–Kier alpha value is -2.82. The molecule has 142 valence electrons. The lowest BCUT2D eigenvalue weighted by atomic mass is 9.79. The summed E-state index contributed by atoms with van der Waals surface area (Å²) in [7, 11) is 0. The normalized spacial score (nSPS) is 18.4. The van der Waals surface area contributed by atoms with Crippen molar-refractivity contribution in [2.24, 2.45) is 5.73 Å². The van der Waals surface area contributed by atoms with Gasteiger partial charge < -0.3 is 15.6 Å². The standard InChI is InChI=1S/C23H20ClNO3/c24-19-7-3-1-5-16(19)17-6-2-4-8-21(17)28-15-11-9-14-10-12-20(25)22(23(26)27)18(14)13-15/h1-9,11,13,20,22H,10,12,25H2,(H,26,27). The number of hydrogen-bond acceptors (Lipinski definition) is 3. The van der Waals surface area contributed by atoms with Gasteiger partial charge in [0, 0.05) is 22.2 Å². The molecular formula is C23H20ClNO3. The maximum Gasteiger partial charge on any atom is 0.312 e. The van der Waals surface area contributed by atoms with Crippen LogP contribution >= 0.6 is 11.6 Å². The Morgan fingerprint density at radius 2 is 1.75 bits per heavy atom. The molecular weight excluding hydrogens is 374 g/mol. The Balaban J connectivity index is 1.72. The minimum absolute atomic E-state index is 0.393. The summed E-state index contributed by atoms with van der Waals surface area (Å²) in [5.74, 6) is -0.380. The molecule has 0 heterocycles. The van der Waals surface area contributed by atoms with Crippen molar-refractivity contribution in [3.05, 3.63) is 82.9 Å². The fraction of sp³-hybridized carbons (Fsp3) is 0.174. The van der Waals surface area contributed by atoms with Gasteiger partial charge in [-0.2, -0.15) is 0 Å². The van der Waals surface area contributed by atoms with Crippen LogP contribution in [0.2, 0.25) is 5.02 Å². The molecule has 0 aromatic heterocycles. The summed E-state index contributed by atoms with van der Waals surface area (Å²) < 4.78 is 6.16. The van der Waals surface area contributed by atoms with Gasteiger partial charge in [-0.25, -0.2) is 0 Å². The summed E-state index contributed by atoms with van der Waals surface area (Å²) >= 11 is 6.36. The first-order valence-electron chi connectivity index (χ1n) is 9.17. The molecule has 1 aliphatic carbocycles. The topological polar surface area (TPSA) is 72.5 Å². The minimum Gasteiger partial charge on any atom is -0.481 e. The van der Waals surface area contributed by atoms with Crippen LogP contribution in [0.5, 0.6) is 11.5 Å². The lowest BCUT2D eigenvalue weighted by Gasteiger charge is -2.28. The van der Waals surface area contributed by atoms with Gasteiger partial charge in [0.15, 0.2) is 0 Å². The van der Waals surface area contributed by atoms with Crippen LogP contribution in [0.4, 0.5) is 0 Å². The largest absolute Gasteiger partial charge is 0.481 e. The number of nitrogens with two attached hydrogens (primary N) is 1. The number of benzene rings is 3. The van der Waals surface area contributed by atoms with Crippen LogP contribution in [0.15, 0.2) is 66.7 Å². The summed E-state index contributed by atoms with van der Waals surface area (Å²) in [6, 6.07) is 20.5. The van der Waals surface area contributed by atoms with E-state index in [0.29, 0.717) is 22.9 Å². The number of rotatable bonds is 4. The third-order valence-electron chi connectivity index (χ3n) is 5.17. The van der Waals surface area contributed by atoms with E-state index in [1.165, 1.54) is 0 Å². The highest BCUT2D eigenvalue weighted by Crippen LogP contribution is 2.39. The van der Waals surface area contributed by atoms with Crippen molar-refractivity contribution in [3.8, 4) is 22.6 Å². The second-order valence-electron chi connectivity index (χ2n) is 6.96. The van der Waals surface area contributed by atoms with E-state index in [4.69, 9.17) is 22.1 Å². The first kappa shape index (κ1) is 18.5. The van der Waals surface area contributed by atoms with Crippen molar-refractivity contribution in [1.29, 1.82) is 0 Å². The summed E-state index contributed by atoms with van der Waals surface area (Å²) in [5.41, 5.74) is 9.58. The molecule has 3 aromatic carbocycles. The molecule has 2 unspecified atom stereocenters. The maximum absolute atomic E-state index is 11.7. The number of para-hydroxylation sites is 1. The zero-order valence-electron chi connectivity index (χ0n) is 15.1. The zero-order valence-corrected chi connectivity index (χ0v) is 15.9. The summed E-state index contributed by atoms with van der Waals surface area (Å²) in [4.78, 5) is 11.7. The monoisotopic (exact) mass is 393 g/mol. The number of aryl methyl sites for hydroxylation is 1. The smallest absolute Gasteiger partial charge is 0.312 e. The molecule has 1 aliphatic rings. The number of halogens is 1. The number of carboxylic acid groups (broad SMARTS) is 1. The molecule has 4 rings (SSSR count). The number of hydrogen-bond donors (Lipinski definition) is 2. The number of aliphatic carboxylic acids is 1. The number of fused-ring (bicyclic) bond motifs is 1. The molecule has 0 radical (unpaired) electrons. The van der Waals surface area contributed by atoms with Gasteiger partial charge in [-0.3, -0.25) is 4.79 Å². The number of carbonyl (C=O) groups is 1. The van der Waals surface area contributed by atoms with Crippen LogP contribution in [0, 0.1) is 0 Å². The summed E-state index contributed by atoms with van der Waals surface area (Å²) in [6.07, 6.45) is 1.44. The Morgan fingerprint density at radius 3 is 2.50 bits per heavy atom. The van der Waals surface area contributed by atoms with Crippen molar-refractivity contribution in [1.82, 2.24) is 0 Å². The fourth-order valence-corrected chi connectivity index (χ4v) is 4.01. The third kappa shape index (κ3) is 3.49. The van der Waals surface area contributed by atoms with Crippen molar-refractivity contribution < 1.29 is 14.6 Å². The van der Waals surface area contributed by atoms with E-state index in [1.54, 1.807) is 6.07 Å². The van der Waals surface area contributed by atoms with Crippen LogP contribution in [-0.4, -0.2) is 17.1 Å². The molecule has 0 aliphatic heterocycles. The molecule has 0 amide bonds. The van der Waals surface area contributed by atoms with Crippen molar-refractivity contribution >= 4 is 17.6 Å². The molecule has 4 nitrogen and oxygen atoms in total. The van der Waals surface area contributed by atoms with Crippen molar-refractivity contribution in [2.75, 3.05) is 0 Å². The van der Waals surface area contributed by atoms with Crippen LogP contribution in [0.3, 0.4) is 0 Å². The zero-order chi connectivity index (χ0) is 19.7. The Kier molecular flexibility index (Phi) is 5.07. The van der Waals surface area contributed by atoms with Crippen molar-refractivity contribution in [3.63, 3.8) is 0 Å². The highest BCUT2D eigenvalue weighted by atomic mass is 35.5. The van der Waals surface area contributed by atoms with E-state index >= 15 is 0 Å². The van der Waals surface area contributed by atoms with Gasteiger partial charge >= 0.3 is 5.97 Å². The first-order chi connectivity index (χ1) is 13.5. The SMILES string of the molecule is NC1CCc2ccc(Oc3ccccc3-c3ccccc3Cl)cc2C1C(=O)O. The molecule has 28 heavy (non-hydrogen) atoms. The molecule has 3 aromatic rings. The molecule has 0 saturated heterocycles. The quantitative estimate of drug-likeness (QED) is 0.635. The summed E-state index contributed by atoms with van der Waals surface area (Å²) in [5, 5.41) is 10.3. The van der Waals surface area contributed by atoms with Gasteiger partial charge in [0.1, 0.15) is 11.5 Å². The van der Waals surface area contributed by atoms with E-state index in [2.05, 4.69) is 0 Å². The molecule has 3 N–H and O–H groups in total. The Bertz CT molecular complexity index is 1030. The second kappa shape index (κ2) is 7.66.